The van der Waals surface area contributed by atoms with E-state index in [-0.39, 0.29) is 11.9 Å². The van der Waals surface area contributed by atoms with Crippen LogP contribution >= 0.6 is 0 Å². The molecule has 1 saturated heterocycles. The number of likely N-dealkylation sites (tertiary alicyclic amines) is 1. The van der Waals surface area contributed by atoms with Gasteiger partial charge < -0.3 is 10.6 Å². The molecule has 0 spiro atoms. The van der Waals surface area contributed by atoms with Gasteiger partial charge in [0.1, 0.15) is 0 Å². The second-order valence-corrected chi connectivity index (χ2v) is 4.31. The average Bonchev–Trinajstić information content (AvgIpc) is 2.28. The van der Waals surface area contributed by atoms with Crippen LogP contribution in [0.5, 0.6) is 0 Å². The van der Waals surface area contributed by atoms with E-state index in [0.29, 0.717) is 6.54 Å². The zero-order valence-corrected chi connectivity index (χ0v) is 9.52. The number of aromatic nitrogens is 1. The minimum absolute atomic E-state index is 0.0717. The molecule has 1 unspecified atom stereocenters. The molecule has 1 aliphatic heterocycles. The lowest BCUT2D eigenvalue weighted by Crippen LogP contribution is -2.47. The smallest absolute Gasteiger partial charge is 0.239 e. The Balaban J connectivity index is 2.10. The highest BCUT2D eigenvalue weighted by Crippen LogP contribution is 2.15. The quantitative estimate of drug-likeness (QED) is 0.801. The lowest BCUT2D eigenvalue weighted by Gasteiger charge is -2.30. The van der Waals surface area contributed by atoms with Crippen LogP contribution in [-0.2, 0) is 11.3 Å². The minimum atomic E-state index is -0.309. The minimum Gasteiger partial charge on any atom is -0.337 e. The maximum atomic E-state index is 11.8. The highest BCUT2D eigenvalue weighted by molar-refractivity contribution is 5.82. The summed E-state index contributed by atoms with van der Waals surface area (Å²) in [6, 6.07) is 1.65. The monoisotopic (exact) mass is 219 g/mol. The molecule has 4 heteroatoms. The van der Waals surface area contributed by atoms with Crippen molar-refractivity contribution in [3.8, 4) is 0 Å². The van der Waals surface area contributed by atoms with Gasteiger partial charge in [-0.15, -0.1) is 0 Å². The van der Waals surface area contributed by atoms with E-state index in [1.165, 1.54) is 0 Å². The van der Waals surface area contributed by atoms with Crippen molar-refractivity contribution in [3.05, 3.63) is 29.6 Å². The van der Waals surface area contributed by atoms with E-state index in [0.717, 1.165) is 30.5 Å². The number of hydrogen-bond donors (Lipinski definition) is 1. The van der Waals surface area contributed by atoms with Crippen LogP contribution in [0.2, 0.25) is 0 Å². The first-order chi connectivity index (χ1) is 7.68. The molecule has 1 fully saturated rings. The lowest BCUT2D eigenvalue weighted by molar-refractivity contribution is -0.135. The van der Waals surface area contributed by atoms with Gasteiger partial charge in [0, 0.05) is 25.5 Å². The van der Waals surface area contributed by atoms with Gasteiger partial charge >= 0.3 is 0 Å². The summed E-state index contributed by atoms with van der Waals surface area (Å²) in [7, 11) is 0. The van der Waals surface area contributed by atoms with Gasteiger partial charge in [-0.2, -0.15) is 0 Å². The third-order valence-electron chi connectivity index (χ3n) is 3.07. The number of nitrogens with two attached hydrogens (primary N) is 1. The van der Waals surface area contributed by atoms with Crippen molar-refractivity contribution in [1.82, 2.24) is 9.88 Å². The molecule has 0 radical (unpaired) electrons. The normalized spacial score (nSPS) is 21.2. The number of hydrogen-bond acceptors (Lipinski definition) is 3. The average molecular weight is 219 g/mol. The van der Waals surface area contributed by atoms with Crippen molar-refractivity contribution in [2.24, 2.45) is 5.73 Å². The van der Waals surface area contributed by atoms with E-state index in [1.807, 2.05) is 24.1 Å². The maximum absolute atomic E-state index is 11.8. The van der Waals surface area contributed by atoms with E-state index < -0.39 is 0 Å². The van der Waals surface area contributed by atoms with Crippen LogP contribution in [0.3, 0.4) is 0 Å². The Labute approximate surface area is 95.5 Å². The van der Waals surface area contributed by atoms with E-state index >= 15 is 0 Å². The third-order valence-corrected chi connectivity index (χ3v) is 3.07. The number of nitrogens with zero attached hydrogens (tertiary/aromatic N) is 2. The van der Waals surface area contributed by atoms with Gasteiger partial charge in [0.05, 0.1) is 6.04 Å². The Bertz CT molecular complexity index is 392. The molecule has 0 aromatic carbocycles. The zero-order valence-electron chi connectivity index (χ0n) is 9.52. The number of aryl methyl sites for hydroxylation is 1. The molecule has 0 saturated carbocycles. The first-order valence-corrected chi connectivity index (χ1v) is 5.62. The van der Waals surface area contributed by atoms with Crippen molar-refractivity contribution >= 4 is 5.91 Å². The van der Waals surface area contributed by atoms with E-state index in [9.17, 15) is 4.79 Å². The predicted octanol–water partition coefficient (Wildman–Crippen LogP) is 0.840. The van der Waals surface area contributed by atoms with Gasteiger partial charge in [-0.3, -0.25) is 9.78 Å². The number of rotatable bonds is 2. The summed E-state index contributed by atoms with van der Waals surface area (Å²) in [4.78, 5) is 17.7. The molecule has 1 aromatic rings. The summed E-state index contributed by atoms with van der Waals surface area (Å²) in [5.41, 5.74) is 8.03. The molecule has 2 heterocycles. The first kappa shape index (κ1) is 11.1. The molecule has 1 aliphatic rings. The van der Waals surface area contributed by atoms with E-state index in [1.54, 1.807) is 6.20 Å². The lowest BCUT2D eigenvalue weighted by atomic mass is 10.0. The number of piperidine rings is 1. The SMILES string of the molecule is Cc1cnccc1CN1CCCC(N)C1=O. The van der Waals surface area contributed by atoms with Crippen molar-refractivity contribution in [2.45, 2.75) is 32.4 Å². The van der Waals surface area contributed by atoms with Crippen LogP contribution in [-0.4, -0.2) is 28.4 Å². The Kier molecular flexibility index (Phi) is 3.19. The zero-order chi connectivity index (χ0) is 11.5. The van der Waals surface area contributed by atoms with Crippen molar-refractivity contribution in [1.29, 1.82) is 0 Å². The van der Waals surface area contributed by atoms with Crippen LogP contribution in [0, 0.1) is 6.92 Å². The number of carbonyl (C=O) groups is 1. The summed E-state index contributed by atoms with van der Waals surface area (Å²) in [5.74, 6) is 0.0717. The van der Waals surface area contributed by atoms with Gasteiger partial charge in [0.25, 0.3) is 0 Å². The van der Waals surface area contributed by atoms with Gasteiger partial charge in [-0.1, -0.05) is 0 Å². The fraction of sp³-hybridized carbons (Fsp3) is 0.500. The topological polar surface area (TPSA) is 59.2 Å². The molecule has 1 atom stereocenters. The molecule has 2 rings (SSSR count). The summed E-state index contributed by atoms with van der Waals surface area (Å²) in [6.45, 7) is 3.48. The molecule has 1 aromatic heterocycles. The fourth-order valence-corrected chi connectivity index (χ4v) is 2.01. The van der Waals surface area contributed by atoms with Crippen molar-refractivity contribution in [3.63, 3.8) is 0 Å². The highest BCUT2D eigenvalue weighted by atomic mass is 16.2. The second kappa shape index (κ2) is 4.61. The molecular formula is C12H17N3O. The summed E-state index contributed by atoms with van der Waals surface area (Å²) < 4.78 is 0. The van der Waals surface area contributed by atoms with Gasteiger partial charge in [-0.05, 0) is 37.0 Å². The van der Waals surface area contributed by atoms with Crippen molar-refractivity contribution < 1.29 is 4.79 Å². The molecule has 4 nitrogen and oxygen atoms in total. The second-order valence-electron chi connectivity index (χ2n) is 4.31. The van der Waals surface area contributed by atoms with Gasteiger partial charge in [-0.25, -0.2) is 0 Å². The van der Waals surface area contributed by atoms with Crippen LogP contribution < -0.4 is 5.73 Å². The van der Waals surface area contributed by atoms with Crippen molar-refractivity contribution in [2.75, 3.05) is 6.54 Å². The third kappa shape index (κ3) is 2.22. The van der Waals surface area contributed by atoms with Crippen LogP contribution in [0.25, 0.3) is 0 Å². The molecular weight excluding hydrogens is 202 g/mol. The van der Waals surface area contributed by atoms with Gasteiger partial charge in [0.15, 0.2) is 0 Å². The first-order valence-electron chi connectivity index (χ1n) is 5.62. The Morgan fingerprint density at radius 1 is 1.62 bits per heavy atom. The summed E-state index contributed by atoms with van der Waals surface area (Å²) in [6.07, 6.45) is 5.39. The number of pyridine rings is 1. The number of carbonyl (C=O) groups excluding carboxylic acids is 1. The molecule has 16 heavy (non-hydrogen) atoms. The Hall–Kier alpha value is -1.42. The Morgan fingerprint density at radius 3 is 3.19 bits per heavy atom. The standard InChI is InChI=1S/C12H17N3O/c1-9-7-14-5-4-10(9)8-15-6-2-3-11(13)12(15)16/h4-5,7,11H,2-3,6,8,13H2,1H3. The van der Waals surface area contributed by atoms with Gasteiger partial charge in [0.2, 0.25) is 5.91 Å². The summed E-state index contributed by atoms with van der Waals surface area (Å²) in [5, 5.41) is 0. The maximum Gasteiger partial charge on any atom is 0.239 e. The highest BCUT2D eigenvalue weighted by Gasteiger charge is 2.25. The molecule has 0 aliphatic carbocycles. The largest absolute Gasteiger partial charge is 0.337 e. The molecule has 86 valence electrons. The van der Waals surface area contributed by atoms with E-state index in [2.05, 4.69) is 4.98 Å². The van der Waals surface area contributed by atoms with Crippen LogP contribution in [0.4, 0.5) is 0 Å². The fourth-order valence-electron chi connectivity index (χ4n) is 2.01. The van der Waals surface area contributed by atoms with Crippen LogP contribution in [0.1, 0.15) is 24.0 Å². The van der Waals surface area contributed by atoms with E-state index in [4.69, 9.17) is 5.73 Å². The number of amides is 1. The molecule has 2 N–H and O–H groups in total. The van der Waals surface area contributed by atoms with Crippen LogP contribution in [0.15, 0.2) is 18.5 Å². The molecule has 1 amide bonds. The Morgan fingerprint density at radius 2 is 2.44 bits per heavy atom. The molecule has 0 bridgehead atoms. The summed E-state index contributed by atoms with van der Waals surface area (Å²) >= 11 is 0. The predicted molar refractivity (Wildman–Crippen MR) is 61.6 cm³/mol.